The molecular formula is C84H136N16O16. The van der Waals surface area contributed by atoms with Gasteiger partial charge in [0, 0.05) is 68.7 Å². The zero-order valence-electron chi connectivity index (χ0n) is 72.8. The summed E-state index contributed by atoms with van der Waals surface area (Å²) in [7, 11) is 0. The summed E-state index contributed by atoms with van der Waals surface area (Å²) in [6, 6.07) is 13.6. The maximum absolute atomic E-state index is 11.0. The van der Waals surface area contributed by atoms with Gasteiger partial charge in [-0.1, -0.05) is 150 Å². The number of carboxylic acids is 8. The zero-order valence-corrected chi connectivity index (χ0v) is 72.8. The lowest BCUT2D eigenvalue weighted by molar-refractivity contribution is 0.0677. The summed E-state index contributed by atoms with van der Waals surface area (Å²) >= 11 is 0. The first-order valence-corrected chi connectivity index (χ1v) is 40.5. The van der Waals surface area contributed by atoms with Crippen molar-refractivity contribution in [3.63, 3.8) is 0 Å². The van der Waals surface area contributed by atoms with Crippen molar-refractivity contribution < 1.29 is 79.2 Å². The Kier molecular flexibility index (Phi) is 47.1. The quantitative estimate of drug-likeness (QED) is 0.0181. The minimum absolute atomic E-state index is 0.0879. The first-order chi connectivity index (χ1) is 54.2. The molecule has 32 nitrogen and oxygen atoms in total. The van der Waals surface area contributed by atoms with E-state index in [2.05, 4.69) is 165 Å². The van der Waals surface area contributed by atoms with E-state index in [9.17, 15) is 38.4 Å². The highest BCUT2D eigenvalue weighted by Gasteiger charge is 2.24. The number of unbranched alkanes of at least 4 members (excludes halogenated alkanes) is 2. The van der Waals surface area contributed by atoms with E-state index in [0.29, 0.717) is 59.4 Å². The standard InChI is InChI=1S/C16H28N2O2.C13H22N2O2.C12H20N2O2.C11H18N2O2.C9H14N2O2.2C8H12N2O2.C7H10N2O2/c1-11(2)8-13(5)10-14(9-12(3)4)18-7-6-15(17-18)16(19)20;1-9(2)7-11(8-10(3)4)15-6-5-12(14-15)13(16)17;1-3-5-6-10(4-2)9-14-8-7-11(13-14)12(15)16;1-7(2)10(8(3)4)13-6-5-9(12-13)11(14)15;1-3-7(4-2)11-6-5-8(10-11)9(12)13;1-8(2,3)10-5-4-6(9-10)7(11)12;1-2-3-5-10-6-4-7(9-10)8(11)12;1-5(2)9-4-3-6(8-9)7(10)11/h6-7,11-14H,8-10H2,1-5H3,(H,19,20);5-6,9-11H,7-8H2,1-4H3,(H,16,17);7-8,10H,3-6,9H2,1-2H3,(H,15,16);5-8,10H,1-4H3,(H,14,15);5-7H,3-4H2,1-2H3,(H,12,13);4-5H,1-3H3,(H,11,12);4,6H,2-3,5H2,1H3,(H,11,12);3-5H,1-2H3,(H,10,11). The molecule has 0 saturated heterocycles. The van der Waals surface area contributed by atoms with Crippen LogP contribution in [0, 0.1) is 47.3 Å². The number of carboxylic acid groups (broad SMARTS) is 8. The van der Waals surface area contributed by atoms with Crippen molar-refractivity contribution in [1.29, 1.82) is 0 Å². The van der Waals surface area contributed by atoms with Gasteiger partial charge in [0.1, 0.15) is 0 Å². The summed E-state index contributed by atoms with van der Waals surface area (Å²) in [5, 5.41) is 102. The summed E-state index contributed by atoms with van der Waals surface area (Å²) in [6.07, 6.45) is 27.9. The number of aromatic carboxylic acids is 8. The Labute approximate surface area is 684 Å². The molecule has 0 bridgehead atoms. The summed E-state index contributed by atoms with van der Waals surface area (Å²) in [5.74, 6) is -3.24. The van der Waals surface area contributed by atoms with Crippen LogP contribution in [0.5, 0.6) is 0 Å². The average molecular weight is 1630 g/mol. The molecule has 0 fully saturated rings. The Bertz CT molecular complexity index is 4130. The van der Waals surface area contributed by atoms with Gasteiger partial charge in [-0.15, -0.1) is 0 Å². The van der Waals surface area contributed by atoms with Gasteiger partial charge in [-0.2, -0.15) is 40.8 Å². The van der Waals surface area contributed by atoms with Crippen LogP contribution in [0.4, 0.5) is 0 Å². The van der Waals surface area contributed by atoms with E-state index in [1.165, 1.54) is 49.9 Å². The minimum atomic E-state index is -0.988. The number of nitrogens with zero attached hydrogens (tertiary/aromatic N) is 16. The Hall–Kier alpha value is -10.6. The molecule has 0 spiro atoms. The van der Waals surface area contributed by atoms with E-state index in [4.69, 9.17) is 40.9 Å². The highest BCUT2D eigenvalue weighted by molar-refractivity contribution is 5.88. The monoisotopic (exact) mass is 1630 g/mol. The van der Waals surface area contributed by atoms with Gasteiger partial charge in [0.15, 0.2) is 45.6 Å². The average Bonchev–Trinajstić information content (AvgIpc) is 1.64. The van der Waals surface area contributed by atoms with Gasteiger partial charge in [-0.25, -0.2) is 38.4 Å². The number of aryl methyl sites for hydroxylation is 1. The molecule has 0 aliphatic heterocycles. The molecular weight excluding hydrogens is 1490 g/mol. The highest BCUT2D eigenvalue weighted by Crippen LogP contribution is 2.30. The van der Waals surface area contributed by atoms with Gasteiger partial charge in [-0.05, 0) is 188 Å². The Balaban J connectivity index is 0.000000667. The fourth-order valence-corrected chi connectivity index (χ4v) is 12.5. The van der Waals surface area contributed by atoms with Crippen molar-refractivity contribution in [1.82, 2.24) is 78.2 Å². The Morgan fingerprint density at radius 3 is 0.931 bits per heavy atom. The van der Waals surface area contributed by atoms with Crippen molar-refractivity contribution in [2.75, 3.05) is 0 Å². The zero-order chi connectivity index (χ0) is 88.4. The number of rotatable bonds is 36. The van der Waals surface area contributed by atoms with Gasteiger partial charge in [0.25, 0.3) is 0 Å². The molecule has 8 N–H and O–H groups in total. The lowest BCUT2D eigenvalue weighted by Crippen LogP contribution is -2.22. The second kappa shape index (κ2) is 52.8. The third-order valence-corrected chi connectivity index (χ3v) is 18.1. The smallest absolute Gasteiger partial charge is 0.356 e. The van der Waals surface area contributed by atoms with Crippen LogP contribution in [0.25, 0.3) is 0 Å². The van der Waals surface area contributed by atoms with Crippen LogP contribution in [0.1, 0.15) is 357 Å². The molecule has 648 valence electrons. The van der Waals surface area contributed by atoms with Crippen molar-refractivity contribution in [3.05, 3.63) is 144 Å². The van der Waals surface area contributed by atoms with Gasteiger partial charge >= 0.3 is 47.8 Å². The summed E-state index contributed by atoms with van der Waals surface area (Å²) in [6.45, 7) is 50.3. The summed E-state index contributed by atoms with van der Waals surface area (Å²) in [4.78, 5) is 84.9. The topological polar surface area (TPSA) is 441 Å². The second-order valence-corrected chi connectivity index (χ2v) is 32.5. The second-order valence-electron chi connectivity index (χ2n) is 32.5. The molecule has 3 atom stereocenters. The maximum Gasteiger partial charge on any atom is 0.356 e. The SMILES string of the molecule is CC(C)(C)n1ccc(C(=O)O)n1.CC(C)C(C(C)C)n1ccc(C(=O)O)n1.CC(C)CC(C)CC(CC(C)C)n1ccc(C(=O)O)n1.CC(C)CC(CC(C)C)n1ccc(C(=O)O)n1.CC(C)n1ccc(C(=O)O)n1.CCC(CC)n1ccc(C(=O)O)n1.CCCCC(CC)Cn1ccc(C(=O)O)n1.CCCCn1ccc(C(=O)O)n1. The van der Waals surface area contributed by atoms with E-state index in [0.717, 1.165) is 70.9 Å². The molecule has 8 rings (SSSR count). The normalized spacial score (nSPS) is 11.9. The lowest BCUT2D eigenvalue weighted by atomic mass is 9.89. The predicted octanol–water partition coefficient (Wildman–Crippen LogP) is 18.5. The summed E-state index contributed by atoms with van der Waals surface area (Å²) in [5.41, 5.74) is 0.763. The number of hydrogen-bond acceptors (Lipinski definition) is 16. The molecule has 0 saturated carbocycles. The fraction of sp³-hybridized carbons (Fsp3) is 0.619. The molecule has 116 heavy (non-hydrogen) atoms. The van der Waals surface area contributed by atoms with E-state index < -0.39 is 47.8 Å². The van der Waals surface area contributed by atoms with Crippen LogP contribution in [-0.4, -0.2) is 167 Å². The van der Waals surface area contributed by atoms with Gasteiger partial charge < -0.3 is 40.9 Å². The molecule has 8 aromatic heterocycles. The third-order valence-electron chi connectivity index (χ3n) is 18.1. The maximum atomic E-state index is 11.0. The Morgan fingerprint density at radius 1 is 0.336 bits per heavy atom. The van der Waals surface area contributed by atoms with Crippen LogP contribution >= 0.6 is 0 Å². The molecule has 3 unspecified atom stereocenters. The molecule has 0 aliphatic rings. The molecule has 8 heterocycles. The predicted molar refractivity (Wildman–Crippen MR) is 445 cm³/mol. The van der Waals surface area contributed by atoms with E-state index in [1.54, 1.807) is 102 Å². The molecule has 32 heteroatoms. The van der Waals surface area contributed by atoms with Crippen molar-refractivity contribution in [2.45, 2.75) is 292 Å². The van der Waals surface area contributed by atoms with Crippen LogP contribution in [0.2, 0.25) is 0 Å². The van der Waals surface area contributed by atoms with Gasteiger partial charge in [0.05, 0.1) is 29.7 Å². The molecule has 0 amide bonds. The van der Waals surface area contributed by atoms with Gasteiger partial charge in [-0.3, -0.25) is 37.5 Å². The molecule has 0 radical (unpaired) electrons. The van der Waals surface area contributed by atoms with E-state index in [1.807, 2.05) is 44.0 Å². The first kappa shape index (κ1) is 103. The third kappa shape index (κ3) is 39.7. The number of carbonyl (C=O) groups is 8. The largest absolute Gasteiger partial charge is 0.476 e. The molecule has 0 aliphatic carbocycles. The summed E-state index contributed by atoms with van der Waals surface area (Å²) < 4.78 is 13.8. The van der Waals surface area contributed by atoms with Crippen LogP contribution in [0.3, 0.4) is 0 Å². The highest BCUT2D eigenvalue weighted by atomic mass is 16.4. The number of aromatic nitrogens is 16. The Morgan fingerprint density at radius 2 is 0.638 bits per heavy atom. The molecule has 0 aromatic carbocycles. The van der Waals surface area contributed by atoms with Crippen molar-refractivity contribution >= 4 is 47.8 Å². The van der Waals surface area contributed by atoms with Crippen LogP contribution < -0.4 is 0 Å². The lowest BCUT2D eigenvalue weighted by Gasteiger charge is -2.25. The van der Waals surface area contributed by atoms with E-state index in [-0.39, 0.29) is 69.2 Å². The van der Waals surface area contributed by atoms with E-state index >= 15 is 0 Å². The first-order valence-electron chi connectivity index (χ1n) is 40.5. The fourth-order valence-electron chi connectivity index (χ4n) is 12.5. The molecule has 8 aromatic rings. The number of hydrogen-bond donors (Lipinski definition) is 8. The van der Waals surface area contributed by atoms with Crippen LogP contribution in [0.15, 0.2) is 98.1 Å². The van der Waals surface area contributed by atoms with Crippen molar-refractivity contribution in [2.24, 2.45) is 47.3 Å². The van der Waals surface area contributed by atoms with Crippen LogP contribution in [-0.2, 0) is 18.6 Å². The minimum Gasteiger partial charge on any atom is -0.476 e. The van der Waals surface area contributed by atoms with Crippen molar-refractivity contribution in [3.8, 4) is 0 Å². The van der Waals surface area contributed by atoms with Gasteiger partial charge in [0.2, 0.25) is 0 Å².